The summed E-state index contributed by atoms with van der Waals surface area (Å²) in [5, 5.41) is 2.65. The van der Waals surface area contributed by atoms with E-state index in [2.05, 4.69) is 24.4 Å². The van der Waals surface area contributed by atoms with E-state index in [4.69, 9.17) is 0 Å². The van der Waals surface area contributed by atoms with Gasteiger partial charge < -0.3 is 10.2 Å². The van der Waals surface area contributed by atoms with Gasteiger partial charge in [-0.25, -0.2) is 0 Å². The number of hydrogen-bond acceptors (Lipinski definition) is 2. The molecule has 1 aliphatic heterocycles. The SMILES string of the molecule is Cc1cc(C)c(CN2CC(=O)NC(C)C2=O)c(C)c1. The van der Waals surface area contributed by atoms with E-state index < -0.39 is 6.04 Å². The van der Waals surface area contributed by atoms with Gasteiger partial charge in [0, 0.05) is 6.54 Å². The molecular formula is C15H20N2O2. The second kappa shape index (κ2) is 5.03. The molecule has 1 heterocycles. The monoisotopic (exact) mass is 260 g/mol. The molecule has 0 radical (unpaired) electrons. The van der Waals surface area contributed by atoms with Crippen molar-refractivity contribution in [2.24, 2.45) is 0 Å². The van der Waals surface area contributed by atoms with Crippen molar-refractivity contribution >= 4 is 11.8 Å². The highest BCUT2D eigenvalue weighted by atomic mass is 16.2. The number of aryl methyl sites for hydroxylation is 3. The van der Waals surface area contributed by atoms with Gasteiger partial charge in [0.05, 0.1) is 6.54 Å². The number of hydrogen-bond donors (Lipinski definition) is 1. The minimum atomic E-state index is -0.424. The summed E-state index contributed by atoms with van der Waals surface area (Å²) in [6.07, 6.45) is 0. The van der Waals surface area contributed by atoms with Crippen LogP contribution >= 0.6 is 0 Å². The lowest BCUT2D eigenvalue weighted by Gasteiger charge is -2.31. The van der Waals surface area contributed by atoms with E-state index >= 15 is 0 Å². The standard InChI is InChI=1S/C15H20N2O2/c1-9-5-10(2)13(11(3)6-9)7-17-8-14(18)16-12(4)15(17)19/h5-6,12H,7-8H2,1-4H3,(H,16,18). The fourth-order valence-electron chi connectivity index (χ4n) is 2.66. The summed E-state index contributed by atoms with van der Waals surface area (Å²) >= 11 is 0. The van der Waals surface area contributed by atoms with E-state index in [0.717, 1.165) is 5.56 Å². The third-order valence-corrected chi connectivity index (χ3v) is 3.58. The van der Waals surface area contributed by atoms with Gasteiger partial charge in [0.15, 0.2) is 0 Å². The molecule has 0 aliphatic carbocycles. The van der Waals surface area contributed by atoms with E-state index in [1.807, 2.05) is 13.8 Å². The molecule has 0 aromatic heterocycles. The third-order valence-electron chi connectivity index (χ3n) is 3.58. The highest BCUT2D eigenvalue weighted by Crippen LogP contribution is 2.19. The molecule has 0 saturated carbocycles. The van der Waals surface area contributed by atoms with E-state index in [9.17, 15) is 9.59 Å². The zero-order valence-electron chi connectivity index (χ0n) is 11.9. The molecule has 1 saturated heterocycles. The molecule has 1 aliphatic rings. The van der Waals surface area contributed by atoms with Crippen LogP contribution in [0.15, 0.2) is 12.1 Å². The van der Waals surface area contributed by atoms with Crippen molar-refractivity contribution in [2.75, 3.05) is 6.54 Å². The number of benzene rings is 1. The lowest BCUT2D eigenvalue weighted by atomic mass is 9.99. The largest absolute Gasteiger partial charge is 0.343 e. The van der Waals surface area contributed by atoms with Crippen molar-refractivity contribution in [1.29, 1.82) is 0 Å². The Hall–Kier alpha value is -1.84. The number of piperazine rings is 1. The lowest BCUT2D eigenvalue weighted by Crippen LogP contribution is -2.56. The first-order chi connectivity index (χ1) is 8.88. The first kappa shape index (κ1) is 13.6. The van der Waals surface area contributed by atoms with Crippen molar-refractivity contribution < 1.29 is 9.59 Å². The van der Waals surface area contributed by atoms with Gasteiger partial charge in [0.2, 0.25) is 11.8 Å². The number of nitrogens with one attached hydrogen (secondary N) is 1. The number of carbonyl (C=O) groups excluding carboxylic acids is 2. The third kappa shape index (κ3) is 2.78. The van der Waals surface area contributed by atoms with Crippen LogP contribution in [-0.4, -0.2) is 29.3 Å². The Morgan fingerprint density at radius 2 is 1.79 bits per heavy atom. The quantitative estimate of drug-likeness (QED) is 0.875. The molecule has 1 aromatic carbocycles. The maximum absolute atomic E-state index is 12.1. The molecule has 0 bridgehead atoms. The second-order valence-corrected chi connectivity index (χ2v) is 5.36. The van der Waals surface area contributed by atoms with Crippen molar-refractivity contribution in [3.63, 3.8) is 0 Å². The van der Waals surface area contributed by atoms with E-state index in [1.54, 1.807) is 11.8 Å². The molecule has 1 unspecified atom stereocenters. The molecule has 1 fully saturated rings. The lowest BCUT2D eigenvalue weighted by molar-refractivity contribution is -0.144. The summed E-state index contributed by atoms with van der Waals surface area (Å²) in [6.45, 7) is 8.54. The van der Waals surface area contributed by atoms with Crippen LogP contribution in [-0.2, 0) is 16.1 Å². The molecule has 2 rings (SSSR count). The van der Waals surface area contributed by atoms with Crippen molar-refractivity contribution in [3.8, 4) is 0 Å². The maximum atomic E-state index is 12.1. The molecular weight excluding hydrogens is 240 g/mol. The van der Waals surface area contributed by atoms with Crippen LogP contribution in [0.1, 0.15) is 29.2 Å². The molecule has 1 N–H and O–H groups in total. The number of rotatable bonds is 2. The Morgan fingerprint density at radius 1 is 1.21 bits per heavy atom. The summed E-state index contributed by atoms with van der Waals surface area (Å²) in [4.78, 5) is 25.2. The van der Waals surface area contributed by atoms with Gasteiger partial charge >= 0.3 is 0 Å². The van der Waals surface area contributed by atoms with E-state index in [-0.39, 0.29) is 18.4 Å². The molecule has 0 spiro atoms. The molecule has 2 amide bonds. The predicted octanol–water partition coefficient (Wildman–Crippen LogP) is 1.46. The Labute approximate surface area is 113 Å². The molecule has 1 atom stereocenters. The highest BCUT2D eigenvalue weighted by molar-refractivity contribution is 5.94. The van der Waals surface area contributed by atoms with Gasteiger partial charge in [0.1, 0.15) is 6.04 Å². The summed E-state index contributed by atoms with van der Waals surface area (Å²) in [5.74, 6) is -0.103. The van der Waals surface area contributed by atoms with Gasteiger partial charge in [-0.2, -0.15) is 0 Å². The summed E-state index contributed by atoms with van der Waals surface area (Å²) in [5.41, 5.74) is 4.70. The smallest absolute Gasteiger partial charge is 0.245 e. The normalized spacial score (nSPS) is 19.6. The van der Waals surface area contributed by atoms with Gasteiger partial charge in [0.25, 0.3) is 0 Å². The second-order valence-electron chi connectivity index (χ2n) is 5.36. The Balaban J connectivity index is 2.26. The van der Waals surface area contributed by atoms with Crippen molar-refractivity contribution in [2.45, 2.75) is 40.3 Å². The topological polar surface area (TPSA) is 49.4 Å². The first-order valence-corrected chi connectivity index (χ1v) is 6.53. The molecule has 102 valence electrons. The van der Waals surface area contributed by atoms with Gasteiger partial charge in [-0.3, -0.25) is 9.59 Å². The van der Waals surface area contributed by atoms with Crippen LogP contribution in [0.25, 0.3) is 0 Å². The Bertz CT molecular complexity index is 514. The van der Waals surface area contributed by atoms with E-state index in [1.165, 1.54) is 16.7 Å². The Morgan fingerprint density at radius 3 is 2.37 bits per heavy atom. The summed E-state index contributed by atoms with van der Waals surface area (Å²) < 4.78 is 0. The van der Waals surface area contributed by atoms with Crippen LogP contribution in [0.3, 0.4) is 0 Å². The molecule has 4 heteroatoms. The number of amides is 2. The zero-order valence-corrected chi connectivity index (χ0v) is 11.9. The van der Waals surface area contributed by atoms with Crippen LogP contribution in [0.5, 0.6) is 0 Å². The maximum Gasteiger partial charge on any atom is 0.245 e. The molecule has 19 heavy (non-hydrogen) atoms. The molecule has 1 aromatic rings. The van der Waals surface area contributed by atoms with Crippen LogP contribution in [0, 0.1) is 20.8 Å². The Kier molecular flexibility index (Phi) is 3.60. The van der Waals surface area contributed by atoms with Crippen molar-refractivity contribution in [3.05, 3.63) is 34.4 Å². The van der Waals surface area contributed by atoms with Gasteiger partial charge in [-0.15, -0.1) is 0 Å². The van der Waals surface area contributed by atoms with Gasteiger partial charge in [-0.1, -0.05) is 17.7 Å². The average Bonchev–Trinajstić information content (AvgIpc) is 2.29. The van der Waals surface area contributed by atoms with Crippen LogP contribution in [0.2, 0.25) is 0 Å². The van der Waals surface area contributed by atoms with Crippen LogP contribution in [0.4, 0.5) is 0 Å². The highest BCUT2D eigenvalue weighted by Gasteiger charge is 2.29. The van der Waals surface area contributed by atoms with Crippen molar-refractivity contribution in [1.82, 2.24) is 10.2 Å². The average molecular weight is 260 g/mol. The fraction of sp³-hybridized carbons (Fsp3) is 0.467. The number of carbonyl (C=O) groups is 2. The number of nitrogens with zero attached hydrogens (tertiary/aromatic N) is 1. The predicted molar refractivity (Wildman–Crippen MR) is 73.7 cm³/mol. The summed E-state index contributed by atoms with van der Waals surface area (Å²) in [7, 11) is 0. The first-order valence-electron chi connectivity index (χ1n) is 6.53. The van der Waals surface area contributed by atoms with Crippen LogP contribution < -0.4 is 5.32 Å². The zero-order chi connectivity index (χ0) is 14.2. The van der Waals surface area contributed by atoms with Gasteiger partial charge in [-0.05, 0) is 44.4 Å². The minimum absolute atomic E-state index is 0.0148. The van der Waals surface area contributed by atoms with E-state index in [0.29, 0.717) is 6.54 Å². The molecule has 4 nitrogen and oxygen atoms in total. The summed E-state index contributed by atoms with van der Waals surface area (Å²) in [6, 6.07) is 3.80. The minimum Gasteiger partial charge on any atom is -0.343 e. The fourth-order valence-corrected chi connectivity index (χ4v) is 2.66.